The van der Waals surface area contributed by atoms with Gasteiger partial charge in [0, 0.05) is 32.2 Å². The number of aromatic nitrogens is 4. The van der Waals surface area contributed by atoms with Crippen LogP contribution in [0, 0.1) is 0 Å². The average molecular weight is 375 g/mol. The van der Waals surface area contributed by atoms with E-state index in [0.29, 0.717) is 12.1 Å². The molecule has 1 atom stereocenters. The molecule has 2 heterocycles. The van der Waals surface area contributed by atoms with Gasteiger partial charge in [-0.15, -0.1) is 5.10 Å². The van der Waals surface area contributed by atoms with Crippen LogP contribution in [0.1, 0.15) is 102 Å². The molecule has 0 bridgehead atoms. The first kappa shape index (κ1) is 19.3. The predicted molar refractivity (Wildman–Crippen MR) is 108 cm³/mol. The molecule has 3 aliphatic rings. The van der Waals surface area contributed by atoms with Crippen molar-refractivity contribution in [2.45, 2.75) is 102 Å². The second-order valence-corrected chi connectivity index (χ2v) is 8.94. The zero-order chi connectivity index (χ0) is 18.5. The van der Waals surface area contributed by atoms with Crippen LogP contribution in [0.4, 0.5) is 0 Å². The largest absolute Gasteiger partial charge is 0.298 e. The van der Waals surface area contributed by atoms with Crippen molar-refractivity contribution in [3.63, 3.8) is 0 Å². The van der Waals surface area contributed by atoms with E-state index in [9.17, 15) is 0 Å². The number of rotatable bonds is 7. The van der Waals surface area contributed by atoms with E-state index in [4.69, 9.17) is 0 Å². The van der Waals surface area contributed by atoms with Gasteiger partial charge in [-0.2, -0.15) is 0 Å². The van der Waals surface area contributed by atoms with Gasteiger partial charge < -0.3 is 0 Å². The van der Waals surface area contributed by atoms with Crippen LogP contribution >= 0.6 is 0 Å². The summed E-state index contributed by atoms with van der Waals surface area (Å²) in [5.41, 5.74) is 0. The SMILES string of the molecule is CCCCC(c1nnnn1C1CCCC1)N1CCN(C2CCCCC2)CC1. The number of hydrogen-bond acceptors (Lipinski definition) is 5. The van der Waals surface area contributed by atoms with Crippen LogP contribution < -0.4 is 0 Å². The third-order valence-electron chi connectivity index (χ3n) is 7.20. The smallest absolute Gasteiger partial charge is 0.168 e. The molecular weight excluding hydrogens is 336 g/mol. The zero-order valence-electron chi connectivity index (χ0n) is 17.2. The first-order valence-corrected chi connectivity index (χ1v) is 11.6. The molecule has 1 aromatic heterocycles. The number of tetrazole rings is 1. The van der Waals surface area contributed by atoms with Crippen LogP contribution in [-0.2, 0) is 0 Å². The molecule has 0 radical (unpaired) electrons. The van der Waals surface area contributed by atoms with Gasteiger partial charge in [0.1, 0.15) is 0 Å². The molecule has 1 saturated heterocycles. The normalized spacial score (nSPS) is 25.2. The lowest BCUT2D eigenvalue weighted by molar-refractivity contribution is 0.0491. The third-order valence-corrected chi connectivity index (χ3v) is 7.20. The van der Waals surface area contributed by atoms with Crippen molar-refractivity contribution in [3.05, 3.63) is 5.82 Å². The van der Waals surface area contributed by atoms with Crippen LogP contribution in [0.15, 0.2) is 0 Å². The summed E-state index contributed by atoms with van der Waals surface area (Å²) in [5, 5.41) is 13.1. The molecule has 2 saturated carbocycles. The van der Waals surface area contributed by atoms with E-state index in [-0.39, 0.29) is 0 Å². The molecule has 2 aliphatic carbocycles. The molecule has 0 N–H and O–H groups in total. The van der Waals surface area contributed by atoms with E-state index in [2.05, 4.69) is 36.9 Å². The molecule has 152 valence electrons. The average Bonchev–Trinajstić information content (AvgIpc) is 3.41. The fraction of sp³-hybridized carbons (Fsp3) is 0.952. The summed E-state index contributed by atoms with van der Waals surface area (Å²) in [6, 6.07) is 1.77. The lowest BCUT2D eigenvalue weighted by Crippen LogP contribution is -2.51. The Morgan fingerprint density at radius 1 is 0.889 bits per heavy atom. The summed E-state index contributed by atoms with van der Waals surface area (Å²) in [4.78, 5) is 5.46. The van der Waals surface area contributed by atoms with E-state index in [1.165, 1.54) is 103 Å². The Hall–Kier alpha value is -1.01. The first-order chi connectivity index (χ1) is 13.4. The minimum absolute atomic E-state index is 0.397. The second kappa shape index (κ2) is 9.46. The van der Waals surface area contributed by atoms with Gasteiger partial charge in [0.25, 0.3) is 0 Å². The van der Waals surface area contributed by atoms with Crippen molar-refractivity contribution < 1.29 is 0 Å². The van der Waals surface area contributed by atoms with Gasteiger partial charge in [-0.05, 0) is 42.5 Å². The Morgan fingerprint density at radius 2 is 1.56 bits per heavy atom. The monoisotopic (exact) mass is 374 g/mol. The van der Waals surface area contributed by atoms with Gasteiger partial charge in [0.05, 0.1) is 12.1 Å². The molecule has 3 fully saturated rings. The van der Waals surface area contributed by atoms with Crippen LogP contribution in [0.5, 0.6) is 0 Å². The van der Waals surface area contributed by atoms with Crippen LogP contribution in [0.25, 0.3) is 0 Å². The maximum Gasteiger partial charge on any atom is 0.168 e. The topological polar surface area (TPSA) is 50.1 Å². The molecule has 1 aromatic rings. The predicted octanol–water partition coefficient (Wildman–Crippen LogP) is 3.97. The highest BCUT2D eigenvalue weighted by atomic mass is 15.6. The summed E-state index contributed by atoms with van der Waals surface area (Å²) < 4.78 is 2.20. The molecule has 6 nitrogen and oxygen atoms in total. The fourth-order valence-corrected chi connectivity index (χ4v) is 5.56. The van der Waals surface area contributed by atoms with Crippen molar-refractivity contribution in [1.82, 2.24) is 30.0 Å². The Balaban J connectivity index is 1.43. The van der Waals surface area contributed by atoms with Crippen molar-refractivity contribution in [2.24, 2.45) is 0 Å². The van der Waals surface area contributed by atoms with Gasteiger partial charge in [0.2, 0.25) is 0 Å². The number of unbranched alkanes of at least 4 members (excludes halogenated alkanes) is 1. The molecule has 0 spiro atoms. The van der Waals surface area contributed by atoms with Crippen LogP contribution in [0.2, 0.25) is 0 Å². The van der Waals surface area contributed by atoms with Gasteiger partial charge in [0.15, 0.2) is 5.82 Å². The molecule has 27 heavy (non-hydrogen) atoms. The lowest BCUT2D eigenvalue weighted by Gasteiger charge is -2.43. The van der Waals surface area contributed by atoms with E-state index >= 15 is 0 Å². The van der Waals surface area contributed by atoms with Crippen molar-refractivity contribution >= 4 is 0 Å². The number of hydrogen-bond donors (Lipinski definition) is 0. The maximum atomic E-state index is 4.54. The van der Waals surface area contributed by atoms with Crippen LogP contribution in [0.3, 0.4) is 0 Å². The van der Waals surface area contributed by atoms with E-state index in [1.807, 2.05) is 0 Å². The fourth-order valence-electron chi connectivity index (χ4n) is 5.56. The molecule has 0 aromatic carbocycles. The molecule has 1 aliphatic heterocycles. The highest BCUT2D eigenvalue weighted by Gasteiger charge is 2.33. The van der Waals surface area contributed by atoms with E-state index < -0.39 is 0 Å². The summed E-state index contributed by atoms with van der Waals surface area (Å²) >= 11 is 0. The maximum absolute atomic E-state index is 4.54. The van der Waals surface area contributed by atoms with Crippen molar-refractivity contribution in [3.8, 4) is 0 Å². The highest BCUT2D eigenvalue weighted by Crippen LogP contribution is 2.34. The molecule has 1 unspecified atom stereocenters. The molecule has 0 amide bonds. The quantitative estimate of drug-likeness (QED) is 0.723. The molecular formula is C21H38N6. The Labute approximate surface area is 164 Å². The van der Waals surface area contributed by atoms with Crippen molar-refractivity contribution in [2.75, 3.05) is 26.2 Å². The summed E-state index contributed by atoms with van der Waals surface area (Å²) in [6.45, 7) is 7.07. The standard InChI is InChI=1S/C21H38N6/c1-2-3-13-20(21-22-23-24-27(21)19-11-7-8-12-19)26-16-14-25(15-17-26)18-9-5-4-6-10-18/h18-20H,2-17H2,1H3. The second-order valence-electron chi connectivity index (χ2n) is 8.94. The molecule has 6 heteroatoms. The molecule has 4 rings (SSSR count). The first-order valence-electron chi connectivity index (χ1n) is 11.6. The van der Waals surface area contributed by atoms with Gasteiger partial charge in [-0.25, -0.2) is 4.68 Å². The minimum atomic E-state index is 0.397. The summed E-state index contributed by atoms with van der Waals surface area (Å²) in [6.07, 6.45) is 16.0. The lowest BCUT2D eigenvalue weighted by atomic mass is 9.93. The van der Waals surface area contributed by atoms with E-state index in [0.717, 1.165) is 11.9 Å². The van der Waals surface area contributed by atoms with E-state index in [1.54, 1.807) is 0 Å². The summed E-state index contributed by atoms with van der Waals surface area (Å²) in [5.74, 6) is 1.14. The Morgan fingerprint density at radius 3 is 2.26 bits per heavy atom. The zero-order valence-corrected chi connectivity index (χ0v) is 17.2. The van der Waals surface area contributed by atoms with Gasteiger partial charge in [-0.3, -0.25) is 9.80 Å². The highest BCUT2D eigenvalue weighted by molar-refractivity contribution is 4.98. The Bertz CT molecular complexity index is 553. The van der Waals surface area contributed by atoms with Crippen LogP contribution in [-0.4, -0.2) is 62.2 Å². The van der Waals surface area contributed by atoms with Gasteiger partial charge >= 0.3 is 0 Å². The Kier molecular flexibility index (Phi) is 6.77. The van der Waals surface area contributed by atoms with Gasteiger partial charge in [-0.1, -0.05) is 51.9 Å². The summed E-state index contributed by atoms with van der Waals surface area (Å²) in [7, 11) is 0. The third kappa shape index (κ3) is 4.53. The minimum Gasteiger partial charge on any atom is -0.298 e. The number of piperazine rings is 1. The number of nitrogens with zero attached hydrogens (tertiary/aromatic N) is 6. The van der Waals surface area contributed by atoms with Crippen molar-refractivity contribution in [1.29, 1.82) is 0 Å².